The largest absolute Gasteiger partial charge is 0.497 e. The van der Waals surface area contributed by atoms with Crippen molar-refractivity contribution in [1.29, 1.82) is 0 Å². The summed E-state index contributed by atoms with van der Waals surface area (Å²) in [5.74, 6) is 1.53. The molecule has 0 unspecified atom stereocenters. The van der Waals surface area contributed by atoms with Crippen LogP contribution in [0.4, 0.5) is 10.6 Å². The van der Waals surface area contributed by atoms with Gasteiger partial charge in [-0.25, -0.2) is 9.48 Å². The van der Waals surface area contributed by atoms with Crippen molar-refractivity contribution >= 4 is 23.2 Å². The standard InChI is InChI=1S/C20H22N4O2S/c1-26-16-6-2-5-15(13-16)18-8-3-11-23(18)20(25)22-19-9-10-21-24(19)14-17-7-4-12-27-17/h2,4-7,9-10,12-13,18H,3,8,11,14H2,1H3,(H,22,25)/t18-/m1/s1. The summed E-state index contributed by atoms with van der Waals surface area (Å²) < 4.78 is 7.15. The molecule has 7 heteroatoms. The Kier molecular flexibility index (Phi) is 5.11. The van der Waals surface area contributed by atoms with Gasteiger partial charge in [0.1, 0.15) is 11.6 Å². The van der Waals surface area contributed by atoms with Gasteiger partial charge in [-0.3, -0.25) is 5.32 Å². The van der Waals surface area contributed by atoms with E-state index >= 15 is 0 Å². The Labute approximate surface area is 162 Å². The first-order valence-corrected chi connectivity index (χ1v) is 9.88. The van der Waals surface area contributed by atoms with E-state index in [1.165, 1.54) is 4.88 Å². The van der Waals surface area contributed by atoms with Gasteiger partial charge in [-0.05, 0) is 42.0 Å². The minimum absolute atomic E-state index is 0.0637. The molecule has 2 aromatic heterocycles. The molecular formula is C20H22N4O2S. The fraction of sp³-hybridized carbons (Fsp3) is 0.300. The number of hydrogen-bond donors (Lipinski definition) is 1. The van der Waals surface area contributed by atoms with Gasteiger partial charge in [-0.1, -0.05) is 18.2 Å². The summed E-state index contributed by atoms with van der Waals surface area (Å²) in [4.78, 5) is 16.0. The van der Waals surface area contributed by atoms with Crippen molar-refractivity contribution < 1.29 is 9.53 Å². The lowest BCUT2D eigenvalue weighted by Gasteiger charge is -2.25. The van der Waals surface area contributed by atoms with Crippen LogP contribution in [0, 0.1) is 0 Å². The van der Waals surface area contributed by atoms with Crippen LogP contribution in [0.1, 0.15) is 29.3 Å². The number of carbonyl (C=O) groups is 1. The second-order valence-corrected chi connectivity index (χ2v) is 7.54. The molecule has 1 fully saturated rings. The molecule has 0 aliphatic carbocycles. The number of thiophene rings is 1. The molecule has 6 nitrogen and oxygen atoms in total. The molecule has 3 heterocycles. The van der Waals surface area contributed by atoms with E-state index in [0.717, 1.165) is 30.7 Å². The number of anilines is 1. The first-order valence-electron chi connectivity index (χ1n) is 9.00. The van der Waals surface area contributed by atoms with Gasteiger partial charge in [0.15, 0.2) is 0 Å². The maximum Gasteiger partial charge on any atom is 0.323 e. The smallest absolute Gasteiger partial charge is 0.323 e. The van der Waals surface area contributed by atoms with Crippen LogP contribution in [-0.2, 0) is 6.54 Å². The molecule has 1 aliphatic rings. The Morgan fingerprint density at radius 2 is 2.26 bits per heavy atom. The zero-order chi connectivity index (χ0) is 18.6. The molecule has 0 saturated carbocycles. The molecular weight excluding hydrogens is 360 g/mol. The van der Waals surface area contributed by atoms with E-state index in [0.29, 0.717) is 12.4 Å². The number of urea groups is 1. The number of ether oxygens (including phenoxy) is 1. The highest BCUT2D eigenvalue weighted by molar-refractivity contribution is 7.09. The van der Waals surface area contributed by atoms with Gasteiger partial charge in [-0.15, -0.1) is 11.3 Å². The maximum atomic E-state index is 13.0. The van der Waals surface area contributed by atoms with Gasteiger partial charge in [0.05, 0.1) is 25.9 Å². The summed E-state index contributed by atoms with van der Waals surface area (Å²) >= 11 is 1.68. The number of carbonyl (C=O) groups excluding carboxylic acids is 1. The van der Waals surface area contributed by atoms with Gasteiger partial charge in [-0.2, -0.15) is 5.10 Å². The summed E-state index contributed by atoms with van der Waals surface area (Å²) in [6.07, 6.45) is 3.66. The van der Waals surface area contributed by atoms with E-state index in [4.69, 9.17) is 4.74 Å². The Morgan fingerprint density at radius 3 is 3.07 bits per heavy atom. The van der Waals surface area contributed by atoms with E-state index < -0.39 is 0 Å². The van der Waals surface area contributed by atoms with Crippen molar-refractivity contribution in [1.82, 2.24) is 14.7 Å². The predicted octanol–water partition coefficient (Wildman–Crippen LogP) is 4.37. The quantitative estimate of drug-likeness (QED) is 0.713. The third-order valence-corrected chi connectivity index (χ3v) is 5.69. The highest BCUT2D eigenvalue weighted by Gasteiger charge is 2.30. The third-order valence-electron chi connectivity index (χ3n) is 4.83. The molecule has 1 aromatic carbocycles. The number of amides is 2. The lowest BCUT2D eigenvalue weighted by Crippen LogP contribution is -2.35. The lowest BCUT2D eigenvalue weighted by atomic mass is 10.0. The molecule has 3 aromatic rings. The fourth-order valence-electron chi connectivity index (χ4n) is 3.50. The van der Waals surface area contributed by atoms with Gasteiger partial charge in [0.25, 0.3) is 0 Å². The average Bonchev–Trinajstić information content (AvgIpc) is 3.44. The molecule has 1 aliphatic heterocycles. The summed E-state index contributed by atoms with van der Waals surface area (Å²) in [5, 5.41) is 9.42. The van der Waals surface area contributed by atoms with Crippen LogP contribution in [0.15, 0.2) is 54.0 Å². The van der Waals surface area contributed by atoms with Crippen molar-refractivity contribution in [2.45, 2.75) is 25.4 Å². The normalized spacial score (nSPS) is 16.5. The summed E-state index contributed by atoms with van der Waals surface area (Å²) in [6.45, 7) is 1.40. The van der Waals surface area contributed by atoms with Gasteiger partial charge >= 0.3 is 6.03 Å². The van der Waals surface area contributed by atoms with Gasteiger partial charge in [0.2, 0.25) is 0 Å². The molecule has 1 atom stereocenters. The van der Waals surface area contributed by atoms with Crippen molar-refractivity contribution in [3.8, 4) is 5.75 Å². The highest BCUT2D eigenvalue weighted by Crippen LogP contribution is 2.33. The fourth-order valence-corrected chi connectivity index (χ4v) is 4.19. The van der Waals surface area contributed by atoms with Gasteiger partial charge in [0, 0.05) is 17.5 Å². The molecule has 140 valence electrons. The zero-order valence-corrected chi connectivity index (χ0v) is 16.0. The first kappa shape index (κ1) is 17.6. The molecule has 4 rings (SSSR count). The van der Waals surface area contributed by atoms with Crippen LogP contribution >= 0.6 is 11.3 Å². The summed E-state index contributed by atoms with van der Waals surface area (Å²) in [7, 11) is 1.66. The van der Waals surface area contributed by atoms with Crippen molar-refractivity contribution in [2.75, 3.05) is 19.0 Å². The van der Waals surface area contributed by atoms with Crippen LogP contribution in [0.25, 0.3) is 0 Å². The topological polar surface area (TPSA) is 59.4 Å². The minimum Gasteiger partial charge on any atom is -0.497 e. The minimum atomic E-state index is -0.0896. The average molecular weight is 382 g/mol. The lowest BCUT2D eigenvalue weighted by molar-refractivity contribution is 0.206. The first-order chi connectivity index (χ1) is 13.2. The van der Waals surface area contributed by atoms with E-state index in [2.05, 4.69) is 22.5 Å². The van der Waals surface area contributed by atoms with Gasteiger partial charge < -0.3 is 9.64 Å². The maximum absolute atomic E-state index is 13.0. The SMILES string of the molecule is COc1cccc([C@H]2CCCN2C(=O)Nc2ccnn2Cc2cccs2)c1. The molecule has 0 bridgehead atoms. The zero-order valence-electron chi connectivity index (χ0n) is 15.2. The van der Waals surface area contributed by atoms with E-state index in [1.54, 1.807) is 24.6 Å². The number of nitrogens with zero attached hydrogens (tertiary/aromatic N) is 3. The van der Waals surface area contributed by atoms with Crippen LogP contribution in [0.2, 0.25) is 0 Å². The molecule has 0 radical (unpaired) electrons. The Balaban J connectivity index is 1.48. The van der Waals surface area contributed by atoms with Crippen LogP contribution < -0.4 is 10.1 Å². The van der Waals surface area contributed by atoms with Crippen molar-refractivity contribution in [2.24, 2.45) is 0 Å². The molecule has 2 amide bonds. The second kappa shape index (κ2) is 7.84. The molecule has 27 heavy (non-hydrogen) atoms. The van der Waals surface area contributed by atoms with E-state index in [9.17, 15) is 4.79 Å². The van der Waals surface area contributed by atoms with Crippen LogP contribution in [0.3, 0.4) is 0 Å². The second-order valence-electron chi connectivity index (χ2n) is 6.51. The summed E-state index contributed by atoms with van der Waals surface area (Å²) in [5.41, 5.74) is 1.11. The Hall–Kier alpha value is -2.80. The summed E-state index contributed by atoms with van der Waals surface area (Å²) in [6, 6.07) is 13.9. The third kappa shape index (κ3) is 3.83. The molecule has 1 saturated heterocycles. The Bertz CT molecular complexity index is 906. The van der Waals surface area contributed by atoms with Crippen molar-refractivity contribution in [3.63, 3.8) is 0 Å². The number of aromatic nitrogens is 2. The molecule has 1 N–H and O–H groups in total. The predicted molar refractivity (Wildman–Crippen MR) is 106 cm³/mol. The number of benzene rings is 1. The monoisotopic (exact) mass is 382 g/mol. The van der Waals surface area contributed by atoms with E-state index in [1.807, 2.05) is 45.3 Å². The molecule has 0 spiro atoms. The number of hydrogen-bond acceptors (Lipinski definition) is 4. The number of methoxy groups -OCH3 is 1. The number of rotatable bonds is 5. The van der Waals surface area contributed by atoms with Crippen LogP contribution in [-0.4, -0.2) is 34.4 Å². The van der Waals surface area contributed by atoms with E-state index in [-0.39, 0.29) is 12.1 Å². The number of likely N-dealkylation sites (tertiary alicyclic amines) is 1. The highest BCUT2D eigenvalue weighted by atomic mass is 32.1. The van der Waals surface area contributed by atoms with Crippen LogP contribution in [0.5, 0.6) is 5.75 Å². The van der Waals surface area contributed by atoms with Crippen molar-refractivity contribution in [3.05, 3.63) is 64.5 Å². The number of nitrogens with one attached hydrogen (secondary N) is 1. The Morgan fingerprint density at radius 1 is 1.33 bits per heavy atom.